The molecule has 0 aliphatic carbocycles. The molecule has 2 aromatic carbocycles. The number of carbonyl (C=O) groups is 3. The van der Waals surface area contributed by atoms with E-state index >= 15 is 0 Å². The van der Waals surface area contributed by atoms with E-state index in [0.29, 0.717) is 29.2 Å². The zero-order valence-corrected chi connectivity index (χ0v) is 29.1. The van der Waals surface area contributed by atoms with Gasteiger partial charge in [0.1, 0.15) is 17.7 Å². The van der Waals surface area contributed by atoms with Crippen molar-refractivity contribution in [3.8, 4) is 0 Å². The van der Waals surface area contributed by atoms with Gasteiger partial charge in [0.25, 0.3) is 5.91 Å². The molecule has 3 amide bonds. The first kappa shape index (κ1) is 37.1. The molecule has 3 unspecified atom stereocenters. The molecule has 2 N–H and O–H groups in total. The van der Waals surface area contributed by atoms with Crippen LogP contribution < -0.4 is 10.6 Å². The van der Waals surface area contributed by atoms with Crippen LogP contribution in [0.5, 0.6) is 0 Å². The second-order valence-corrected chi connectivity index (χ2v) is 13.5. The molecule has 8 heteroatoms. The molecule has 0 radical (unpaired) electrons. The molecular formula is C36H54ClN3O4. The number of hydrogen-bond donors (Lipinski definition) is 2. The monoisotopic (exact) mass is 627 g/mol. The number of ether oxygens (including phenoxy) is 1. The second kappa shape index (κ2) is 17.4. The van der Waals surface area contributed by atoms with E-state index in [1.165, 1.54) is 6.42 Å². The number of unbranched alkanes of at least 4 members (excludes halogenated alkanes) is 5. The maximum absolute atomic E-state index is 14.6. The van der Waals surface area contributed by atoms with E-state index in [1.807, 2.05) is 65.0 Å². The standard InChI is InChI=1S/C36H54ClN3O4/c1-10-12-13-14-15-16-20-40(34(42)31(26(5)11-2)39-35(43)44-36(7,8)9)32(28-22-24(3)21-25(4)23-28)33(41)38-30-27(6)18-17-19-29(30)37/h17-19,21-23,26,31-32H,10-16,20H2,1-9H3,(H,38,41)(H,39,43). The maximum atomic E-state index is 14.6. The van der Waals surface area contributed by atoms with Crippen LogP contribution in [0.4, 0.5) is 10.5 Å². The maximum Gasteiger partial charge on any atom is 0.408 e. The van der Waals surface area contributed by atoms with E-state index in [-0.39, 0.29) is 17.7 Å². The molecule has 0 bridgehead atoms. The van der Waals surface area contributed by atoms with Crippen molar-refractivity contribution < 1.29 is 19.1 Å². The van der Waals surface area contributed by atoms with Gasteiger partial charge in [-0.05, 0) is 71.1 Å². The molecule has 0 aliphatic rings. The molecule has 0 saturated heterocycles. The fourth-order valence-electron chi connectivity index (χ4n) is 5.35. The first-order valence-corrected chi connectivity index (χ1v) is 16.5. The van der Waals surface area contributed by atoms with E-state index in [9.17, 15) is 14.4 Å². The number of halogens is 1. The number of benzene rings is 2. The predicted molar refractivity (Wildman–Crippen MR) is 181 cm³/mol. The van der Waals surface area contributed by atoms with Gasteiger partial charge in [-0.15, -0.1) is 0 Å². The lowest BCUT2D eigenvalue weighted by Gasteiger charge is -2.36. The summed E-state index contributed by atoms with van der Waals surface area (Å²) in [6.45, 7) is 17.7. The Hall–Kier alpha value is -3.06. The van der Waals surface area contributed by atoms with Crippen molar-refractivity contribution in [3.63, 3.8) is 0 Å². The van der Waals surface area contributed by atoms with E-state index in [0.717, 1.165) is 48.8 Å². The number of amides is 3. The average molecular weight is 628 g/mol. The summed E-state index contributed by atoms with van der Waals surface area (Å²) in [4.78, 5) is 43.6. The highest BCUT2D eigenvalue weighted by Gasteiger charge is 2.38. The molecule has 0 heterocycles. The molecule has 244 valence electrons. The first-order valence-electron chi connectivity index (χ1n) is 16.1. The van der Waals surface area contributed by atoms with Crippen LogP contribution in [-0.2, 0) is 14.3 Å². The van der Waals surface area contributed by atoms with Crippen molar-refractivity contribution in [1.29, 1.82) is 0 Å². The number of alkyl carbamates (subject to hydrolysis) is 1. The van der Waals surface area contributed by atoms with Gasteiger partial charge in [-0.3, -0.25) is 9.59 Å². The van der Waals surface area contributed by atoms with Gasteiger partial charge in [0.05, 0.1) is 10.7 Å². The second-order valence-electron chi connectivity index (χ2n) is 13.1. The molecule has 0 fully saturated rings. The minimum absolute atomic E-state index is 0.198. The molecule has 0 spiro atoms. The lowest BCUT2D eigenvalue weighted by atomic mass is 9.94. The number of anilines is 1. The molecular weight excluding hydrogens is 574 g/mol. The Morgan fingerprint density at radius 2 is 1.55 bits per heavy atom. The normalized spacial score (nSPS) is 13.5. The number of nitrogens with zero attached hydrogens (tertiary/aromatic N) is 1. The summed E-state index contributed by atoms with van der Waals surface area (Å²) in [6, 6.07) is 9.59. The highest BCUT2D eigenvalue weighted by atomic mass is 35.5. The number of aryl methyl sites for hydroxylation is 3. The van der Waals surface area contributed by atoms with E-state index in [2.05, 4.69) is 17.6 Å². The summed E-state index contributed by atoms with van der Waals surface area (Å²) in [7, 11) is 0. The quantitative estimate of drug-likeness (QED) is 0.193. The van der Waals surface area contributed by atoms with E-state index < -0.39 is 23.8 Å². The number of carbonyl (C=O) groups excluding carboxylic acids is 3. The zero-order valence-electron chi connectivity index (χ0n) is 28.3. The van der Waals surface area contributed by atoms with Gasteiger partial charge in [0.2, 0.25) is 5.91 Å². The Labute approximate surface area is 270 Å². The Balaban J connectivity index is 2.62. The molecule has 0 saturated carbocycles. The molecule has 44 heavy (non-hydrogen) atoms. The van der Waals surface area contributed by atoms with E-state index in [4.69, 9.17) is 16.3 Å². The van der Waals surface area contributed by atoms with Gasteiger partial charge in [-0.2, -0.15) is 0 Å². The molecule has 2 rings (SSSR count). The highest BCUT2D eigenvalue weighted by molar-refractivity contribution is 6.34. The lowest BCUT2D eigenvalue weighted by Crippen LogP contribution is -2.55. The number of rotatable bonds is 15. The fourth-order valence-corrected chi connectivity index (χ4v) is 5.62. The molecule has 0 aliphatic heterocycles. The van der Waals surface area contributed by atoms with Gasteiger partial charge in [-0.25, -0.2) is 4.79 Å². The minimum atomic E-state index is -0.945. The van der Waals surface area contributed by atoms with Crippen LogP contribution in [0.3, 0.4) is 0 Å². The minimum Gasteiger partial charge on any atom is -0.444 e. The van der Waals surface area contributed by atoms with Crippen molar-refractivity contribution in [3.05, 3.63) is 63.7 Å². The smallest absolute Gasteiger partial charge is 0.408 e. The molecule has 0 aromatic heterocycles. The lowest BCUT2D eigenvalue weighted by molar-refractivity contribution is -0.142. The molecule has 7 nitrogen and oxygen atoms in total. The van der Waals surface area contributed by atoms with Crippen molar-refractivity contribution >= 4 is 35.2 Å². The summed E-state index contributed by atoms with van der Waals surface area (Å²) in [5, 5.41) is 6.33. The third kappa shape index (κ3) is 11.5. The van der Waals surface area contributed by atoms with E-state index in [1.54, 1.807) is 31.7 Å². The Bertz CT molecular complexity index is 1220. The Morgan fingerprint density at radius 3 is 2.11 bits per heavy atom. The van der Waals surface area contributed by atoms with Crippen molar-refractivity contribution in [1.82, 2.24) is 10.2 Å². The van der Waals surface area contributed by atoms with Gasteiger partial charge >= 0.3 is 6.09 Å². The van der Waals surface area contributed by atoms with Gasteiger partial charge in [0, 0.05) is 6.54 Å². The van der Waals surface area contributed by atoms with Gasteiger partial charge in [-0.1, -0.05) is 112 Å². The summed E-state index contributed by atoms with van der Waals surface area (Å²) in [5.74, 6) is -0.865. The van der Waals surface area contributed by atoms with Crippen LogP contribution in [0.25, 0.3) is 0 Å². The summed E-state index contributed by atoms with van der Waals surface area (Å²) in [5.41, 5.74) is 3.31. The van der Waals surface area contributed by atoms with Crippen molar-refractivity contribution in [2.24, 2.45) is 5.92 Å². The van der Waals surface area contributed by atoms with Crippen molar-refractivity contribution in [2.45, 2.75) is 125 Å². The third-order valence-corrected chi connectivity index (χ3v) is 8.09. The average Bonchev–Trinajstić information content (AvgIpc) is 2.92. The SMILES string of the molecule is CCCCCCCCN(C(=O)C(NC(=O)OC(C)(C)C)C(C)CC)C(C(=O)Nc1c(C)cccc1Cl)c1cc(C)cc(C)c1. The van der Waals surface area contributed by atoms with Crippen LogP contribution in [0, 0.1) is 26.7 Å². The van der Waals surface area contributed by atoms with Crippen LogP contribution in [0.2, 0.25) is 5.02 Å². The van der Waals surface area contributed by atoms with Crippen LogP contribution >= 0.6 is 11.6 Å². The molecule has 2 aromatic rings. The summed E-state index contributed by atoms with van der Waals surface area (Å²) < 4.78 is 5.54. The summed E-state index contributed by atoms with van der Waals surface area (Å²) >= 11 is 6.53. The first-order chi connectivity index (χ1) is 20.7. The number of nitrogens with one attached hydrogen (secondary N) is 2. The van der Waals surface area contributed by atoms with Crippen LogP contribution in [0.1, 0.15) is 115 Å². The third-order valence-electron chi connectivity index (χ3n) is 7.78. The van der Waals surface area contributed by atoms with Gasteiger partial charge in [0.15, 0.2) is 0 Å². The summed E-state index contributed by atoms with van der Waals surface area (Å²) in [6.07, 6.45) is 6.16. The Kier molecular flexibility index (Phi) is 14.7. The Morgan fingerprint density at radius 1 is 0.932 bits per heavy atom. The van der Waals surface area contributed by atoms with Crippen LogP contribution in [-0.4, -0.2) is 41.0 Å². The van der Waals surface area contributed by atoms with Crippen LogP contribution in [0.15, 0.2) is 36.4 Å². The number of para-hydroxylation sites is 1. The fraction of sp³-hybridized carbons (Fsp3) is 0.583. The zero-order chi connectivity index (χ0) is 33.0. The topological polar surface area (TPSA) is 87.7 Å². The molecule has 3 atom stereocenters. The van der Waals surface area contributed by atoms with Gasteiger partial charge < -0.3 is 20.3 Å². The largest absolute Gasteiger partial charge is 0.444 e. The van der Waals surface area contributed by atoms with Crippen molar-refractivity contribution in [2.75, 3.05) is 11.9 Å². The predicted octanol–water partition coefficient (Wildman–Crippen LogP) is 9.07. The highest BCUT2D eigenvalue weighted by Crippen LogP contribution is 2.31. The number of hydrogen-bond acceptors (Lipinski definition) is 4.